The molecule has 0 aromatic carbocycles. The highest BCUT2D eigenvalue weighted by molar-refractivity contribution is 6.72. The molecular formula is C18H38O7Si. The molecule has 0 radical (unpaired) electrons. The minimum Gasteiger partial charge on any atom is -0.432 e. The van der Waals surface area contributed by atoms with Crippen LogP contribution >= 0.6 is 0 Å². The van der Waals surface area contributed by atoms with E-state index < -0.39 is 39.0 Å². The average molecular weight is 395 g/mol. The maximum atomic E-state index is 10.4. The van der Waals surface area contributed by atoms with Crippen LogP contribution in [0, 0.1) is 0 Å². The van der Waals surface area contributed by atoms with Crippen molar-refractivity contribution < 1.29 is 34.3 Å². The lowest BCUT2D eigenvalue weighted by molar-refractivity contribution is -0.299. The van der Waals surface area contributed by atoms with Crippen molar-refractivity contribution in [2.45, 2.75) is 95.3 Å². The summed E-state index contributed by atoms with van der Waals surface area (Å²) < 4.78 is 16.6. The van der Waals surface area contributed by atoms with Gasteiger partial charge in [-0.3, -0.25) is 0 Å². The second-order valence-electron chi connectivity index (χ2n) is 8.33. The quantitative estimate of drug-likeness (QED) is 0.310. The molecular weight excluding hydrogens is 356 g/mol. The predicted molar refractivity (Wildman–Crippen MR) is 101 cm³/mol. The third kappa shape index (κ3) is 6.83. The zero-order chi connectivity index (χ0) is 20.0. The highest BCUT2D eigenvalue weighted by atomic mass is 28.4. The third-order valence-corrected chi connectivity index (χ3v) is 9.09. The van der Waals surface area contributed by atoms with Crippen molar-refractivity contribution in [3.8, 4) is 0 Å². The van der Waals surface area contributed by atoms with Crippen molar-refractivity contribution in [2.24, 2.45) is 0 Å². The molecule has 0 spiro atoms. The van der Waals surface area contributed by atoms with Gasteiger partial charge in [0, 0.05) is 6.61 Å². The molecule has 4 N–H and O–H groups in total. The lowest BCUT2D eigenvalue weighted by Gasteiger charge is -2.42. The van der Waals surface area contributed by atoms with Crippen molar-refractivity contribution >= 4 is 8.32 Å². The number of unbranched alkanes of at least 4 members (excludes halogenated alkanes) is 1. The summed E-state index contributed by atoms with van der Waals surface area (Å²) >= 11 is 0. The predicted octanol–water partition coefficient (Wildman–Crippen LogP) is 1.39. The van der Waals surface area contributed by atoms with Crippen molar-refractivity contribution in [3.05, 3.63) is 0 Å². The van der Waals surface area contributed by atoms with E-state index in [9.17, 15) is 20.1 Å². The zero-order valence-corrected chi connectivity index (χ0v) is 17.9. The van der Waals surface area contributed by atoms with Crippen LogP contribution in [0.2, 0.25) is 18.1 Å². The first-order valence-corrected chi connectivity index (χ1v) is 12.6. The molecule has 0 amide bonds. The molecule has 156 valence electrons. The van der Waals surface area contributed by atoms with Gasteiger partial charge in [-0.1, -0.05) is 27.2 Å². The number of rotatable bonds is 11. The van der Waals surface area contributed by atoms with Gasteiger partial charge in [-0.15, -0.1) is 0 Å². The Balaban J connectivity index is 2.53. The van der Waals surface area contributed by atoms with Gasteiger partial charge in [-0.25, -0.2) is 0 Å². The summed E-state index contributed by atoms with van der Waals surface area (Å²) in [4.78, 5) is 10.4. The standard InChI is InChI=1S/C18H38O7Si/c1-6-7-10-23-11-12-24-17-16(21)15(20)14(19)13(25-17)8-9-18(2,3)26(4,5)22/h13-17,19-22H,6-12H2,1-5H3. The van der Waals surface area contributed by atoms with Gasteiger partial charge in [0.1, 0.15) is 18.3 Å². The van der Waals surface area contributed by atoms with E-state index in [1.54, 1.807) is 0 Å². The molecule has 0 bridgehead atoms. The normalized spacial score (nSPS) is 30.6. The van der Waals surface area contributed by atoms with E-state index in [1.165, 1.54) is 0 Å². The molecule has 26 heavy (non-hydrogen) atoms. The van der Waals surface area contributed by atoms with Gasteiger partial charge in [0.05, 0.1) is 19.3 Å². The van der Waals surface area contributed by atoms with Crippen LogP contribution in [-0.2, 0) is 14.2 Å². The Morgan fingerprint density at radius 2 is 1.65 bits per heavy atom. The van der Waals surface area contributed by atoms with Crippen LogP contribution in [0.3, 0.4) is 0 Å². The molecule has 1 fully saturated rings. The number of hydrogen-bond acceptors (Lipinski definition) is 7. The Bertz CT molecular complexity index is 399. The molecule has 0 saturated carbocycles. The molecule has 0 aromatic heterocycles. The number of aliphatic hydroxyl groups excluding tert-OH is 3. The first-order chi connectivity index (χ1) is 12.0. The van der Waals surface area contributed by atoms with Crippen molar-refractivity contribution in [2.75, 3.05) is 19.8 Å². The van der Waals surface area contributed by atoms with Crippen LogP contribution in [0.4, 0.5) is 0 Å². The van der Waals surface area contributed by atoms with Gasteiger partial charge in [0.15, 0.2) is 14.6 Å². The second-order valence-corrected chi connectivity index (χ2v) is 12.8. The third-order valence-electron chi connectivity index (χ3n) is 5.53. The largest absolute Gasteiger partial charge is 0.432 e. The minimum atomic E-state index is -2.37. The molecule has 8 heteroatoms. The first-order valence-electron chi connectivity index (χ1n) is 9.62. The van der Waals surface area contributed by atoms with E-state index >= 15 is 0 Å². The Labute approximate surface area is 158 Å². The summed E-state index contributed by atoms with van der Waals surface area (Å²) in [6.07, 6.45) is -2.36. The summed E-state index contributed by atoms with van der Waals surface area (Å²) in [5, 5.41) is 30.2. The SMILES string of the molecule is CCCCOCCOC1OC(CCC(C)(C)[Si](C)(C)O)C(O)C(O)C1O. The Morgan fingerprint density at radius 3 is 2.23 bits per heavy atom. The first kappa shape index (κ1) is 24.0. The molecule has 1 aliphatic heterocycles. The molecule has 1 saturated heterocycles. The minimum absolute atomic E-state index is 0.239. The maximum Gasteiger partial charge on any atom is 0.188 e. The van der Waals surface area contributed by atoms with Crippen LogP contribution in [0.15, 0.2) is 0 Å². The average Bonchev–Trinajstić information content (AvgIpc) is 2.55. The highest BCUT2D eigenvalue weighted by Gasteiger charge is 2.45. The fourth-order valence-corrected chi connectivity index (χ4v) is 3.43. The Morgan fingerprint density at radius 1 is 1.00 bits per heavy atom. The van der Waals surface area contributed by atoms with E-state index in [1.807, 2.05) is 26.9 Å². The number of hydrogen-bond donors (Lipinski definition) is 4. The van der Waals surface area contributed by atoms with Crippen LogP contribution < -0.4 is 0 Å². The van der Waals surface area contributed by atoms with Crippen LogP contribution in [0.5, 0.6) is 0 Å². The molecule has 1 aliphatic rings. The van der Waals surface area contributed by atoms with E-state index in [0.717, 1.165) is 12.8 Å². The van der Waals surface area contributed by atoms with Gasteiger partial charge >= 0.3 is 0 Å². The Hall–Kier alpha value is -0.0631. The van der Waals surface area contributed by atoms with Crippen molar-refractivity contribution in [3.63, 3.8) is 0 Å². The topological polar surface area (TPSA) is 109 Å². The summed E-state index contributed by atoms with van der Waals surface area (Å²) in [5.74, 6) is 0. The van der Waals surface area contributed by atoms with Gasteiger partial charge in [-0.2, -0.15) is 0 Å². The monoisotopic (exact) mass is 394 g/mol. The highest BCUT2D eigenvalue weighted by Crippen LogP contribution is 2.41. The molecule has 7 nitrogen and oxygen atoms in total. The summed E-state index contributed by atoms with van der Waals surface area (Å²) in [6.45, 7) is 11.1. The van der Waals surface area contributed by atoms with Crippen LogP contribution in [-0.4, -0.2) is 79.0 Å². The summed E-state index contributed by atoms with van der Waals surface area (Å²) in [7, 11) is -2.37. The van der Waals surface area contributed by atoms with E-state index in [0.29, 0.717) is 26.1 Å². The molecule has 0 aromatic rings. The second kappa shape index (κ2) is 10.5. The summed E-state index contributed by atoms with van der Waals surface area (Å²) in [5.41, 5.74) is 0. The van der Waals surface area contributed by atoms with Crippen molar-refractivity contribution in [1.82, 2.24) is 0 Å². The van der Waals surface area contributed by atoms with Crippen LogP contribution in [0.1, 0.15) is 46.5 Å². The maximum absolute atomic E-state index is 10.4. The van der Waals surface area contributed by atoms with Gasteiger partial charge in [0.25, 0.3) is 0 Å². The molecule has 1 rings (SSSR count). The van der Waals surface area contributed by atoms with Gasteiger partial charge in [0.2, 0.25) is 0 Å². The number of aliphatic hydroxyl groups is 3. The molecule has 1 heterocycles. The van der Waals surface area contributed by atoms with Crippen molar-refractivity contribution in [1.29, 1.82) is 0 Å². The van der Waals surface area contributed by atoms with E-state index in [-0.39, 0.29) is 11.6 Å². The van der Waals surface area contributed by atoms with Gasteiger partial charge < -0.3 is 34.3 Å². The zero-order valence-electron chi connectivity index (χ0n) is 16.9. The van der Waals surface area contributed by atoms with Crippen LogP contribution in [0.25, 0.3) is 0 Å². The lowest BCUT2D eigenvalue weighted by Crippen LogP contribution is -2.58. The molecule has 0 aliphatic carbocycles. The fraction of sp³-hybridized carbons (Fsp3) is 1.00. The number of ether oxygens (including phenoxy) is 3. The smallest absolute Gasteiger partial charge is 0.188 e. The van der Waals surface area contributed by atoms with E-state index in [4.69, 9.17) is 14.2 Å². The molecule has 5 atom stereocenters. The van der Waals surface area contributed by atoms with Gasteiger partial charge in [-0.05, 0) is 37.4 Å². The summed E-state index contributed by atoms with van der Waals surface area (Å²) in [6, 6.07) is 0. The molecule has 5 unspecified atom stereocenters. The lowest BCUT2D eigenvalue weighted by atomic mass is 9.93. The van der Waals surface area contributed by atoms with E-state index in [2.05, 4.69) is 6.92 Å². The Kier molecular flexibility index (Phi) is 9.66. The fourth-order valence-electron chi connectivity index (χ4n) is 2.67.